The highest BCUT2D eigenvalue weighted by Crippen LogP contribution is 2.26. The van der Waals surface area contributed by atoms with E-state index in [0.717, 1.165) is 16.8 Å². The van der Waals surface area contributed by atoms with Crippen molar-refractivity contribution in [1.29, 1.82) is 5.26 Å². The number of hydrogen-bond acceptors (Lipinski definition) is 8. The molecule has 3 rings (SSSR count). The lowest BCUT2D eigenvalue weighted by Gasteiger charge is -2.08. The van der Waals surface area contributed by atoms with E-state index in [0.29, 0.717) is 16.3 Å². The second kappa shape index (κ2) is 9.69. The molecule has 0 aliphatic rings. The van der Waals surface area contributed by atoms with Crippen LogP contribution in [-0.4, -0.2) is 31.1 Å². The van der Waals surface area contributed by atoms with E-state index < -0.39 is 11.9 Å². The molecule has 3 aromatic rings. The summed E-state index contributed by atoms with van der Waals surface area (Å²) in [7, 11) is 2.50. The van der Waals surface area contributed by atoms with Gasteiger partial charge in [0.1, 0.15) is 16.6 Å². The minimum absolute atomic E-state index is 0.177. The van der Waals surface area contributed by atoms with Crippen molar-refractivity contribution >= 4 is 34.5 Å². The van der Waals surface area contributed by atoms with Crippen LogP contribution < -0.4 is 5.32 Å². The number of aromatic nitrogens is 1. The van der Waals surface area contributed by atoms with Crippen LogP contribution in [-0.2, 0) is 9.47 Å². The second-order valence-electron chi connectivity index (χ2n) is 6.50. The number of nitrogens with zero attached hydrogens (tertiary/aromatic N) is 2. The van der Waals surface area contributed by atoms with Crippen molar-refractivity contribution in [3.8, 4) is 17.3 Å². The summed E-state index contributed by atoms with van der Waals surface area (Å²) in [6.07, 6.45) is 1.48. The van der Waals surface area contributed by atoms with Gasteiger partial charge in [0.25, 0.3) is 0 Å². The second-order valence-corrected chi connectivity index (χ2v) is 7.36. The lowest BCUT2D eigenvalue weighted by molar-refractivity contribution is 0.0599. The molecule has 156 valence electrons. The maximum atomic E-state index is 11.9. The minimum atomic E-state index is -0.596. The van der Waals surface area contributed by atoms with E-state index in [1.165, 1.54) is 50.0 Å². The molecule has 0 bridgehead atoms. The zero-order chi connectivity index (χ0) is 22.4. The van der Waals surface area contributed by atoms with Crippen LogP contribution in [0.25, 0.3) is 16.8 Å². The van der Waals surface area contributed by atoms with Gasteiger partial charge < -0.3 is 14.8 Å². The van der Waals surface area contributed by atoms with Gasteiger partial charge in [-0.2, -0.15) is 5.26 Å². The molecule has 0 saturated carbocycles. The summed E-state index contributed by atoms with van der Waals surface area (Å²) >= 11 is 1.35. The number of nitriles is 1. The summed E-state index contributed by atoms with van der Waals surface area (Å²) in [6.45, 7) is 2.01. The average molecular weight is 433 g/mol. The molecule has 1 aromatic heterocycles. The standard InChI is InChI=1S/C23H19N3O4S/c1-14-4-6-15(7-5-14)20-13-31-21(26-20)18(11-24)12-25-19-9-16(22(27)29-2)8-17(10-19)23(28)30-3/h4-10,12-13,25H,1-3H3/b18-12+. The predicted octanol–water partition coefficient (Wildman–Crippen LogP) is 4.67. The molecule has 31 heavy (non-hydrogen) atoms. The van der Waals surface area contributed by atoms with Crippen molar-refractivity contribution < 1.29 is 19.1 Å². The average Bonchev–Trinajstić information content (AvgIpc) is 3.28. The Bertz CT molecular complexity index is 1160. The van der Waals surface area contributed by atoms with Crippen LogP contribution in [0.15, 0.2) is 54.0 Å². The van der Waals surface area contributed by atoms with E-state index in [2.05, 4.69) is 16.4 Å². The maximum Gasteiger partial charge on any atom is 0.337 e. The van der Waals surface area contributed by atoms with Crippen molar-refractivity contribution in [2.45, 2.75) is 6.92 Å². The Labute approximate surface area is 183 Å². The molecular formula is C23H19N3O4S. The van der Waals surface area contributed by atoms with Gasteiger partial charge in [0.15, 0.2) is 0 Å². The molecule has 0 amide bonds. The quantitative estimate of drug-likeness (QED) is 0.445. The summed E-state index contributed by atoms with van der Waals surface area (Å²) in [5.41, 5.74) is 3.99. The molecule has 0 saturated heterocycles. The van der Waals surface area contributed by atoms with Crippen molar-refractivity contribution in [3.63, 3.8) is 0 Å². The van der Waals surface area contributed by atoms with E-state index in [-0.39, 0.29) is 11.1 Å². The molecule has 0 radical (unpaired) electrons. The predicted molar refractivity (Wildman–Crippen MR) is 119 cm³/mol. The number of hydrogen-bond donors (Lipinski definition) is 1. The Morgan fingerprint density at radius 2 is 1.68 bits per heavy atom. The van der Waals surface area contributed by atoms with E-state index in [4.69, 9.17) is 9.47 Å². The van der Waals surface area contributed by atoms with Crippen LogP contribution in [0.2, 0.25) is 0 Å². The van der Waals surface area contributed by atoms with Gasteiger partial charge in [-0.05, 0) is 25.1 Å². The Morgan fingerprint density at radius 3 is 2.23 bits per heavy atom. The minimum Gasteiger partial charge on any atom is -0.465 e. The molecule has 0 aliphatic carbocycles. The lowest BCUT2D eigenvalue weighted by atomic mass is 10.1. The number of benzene rings is 2. The number of anilines is 1. The van der Waals surface area contributed by atoms with Crippen LogP contribution in [0.3, 0.4) is 0 Å². The van der Waals surface area contributed by atoms with Gasteiger partial charge in [0.05, 0.1) is 31.0 Å². The van der Waals surface area contributed by atoms with E-state index in [9.17, 15) is 14.9 Å². The number of ether oxygens (including phenoxy) is 2. The van der Waals surface area contributed by atoms with Gasteiger partial charge >= 0.3 is 11.9 Å². The number of nitrogens with one attached hydrogen (secondary N) is 1. The number of methoxy groups -OCH3 is 2. The highest BCUT2D eigenvalue weighted by molar-refractivity contribution is 7.11. The fourth-order valence-corrected chi connectivity index (χ4v) is 3.53. The number of carbonyl (C=O) groups excluding carboxylic acids is 2. The van der Waals surface area contributed by atoms with E-state index in [1.54, 1.807) is 0 Å². The zero-order valence-electron chi connectivity index (χ0n) is 17.1. The maximum absolute atomic E-state index is 11.9. The van der Waals surface area contributed by atoms with Crippen LogP contribution in [0.1, 0.15) is 31.3 Å². The Kier molecular flexibility index (Phi) is 6.80. The van der Waals surface area contributed by atoms with Crippen LogP contribution in [0.5, 0.6) is 0 Å². The number of allylic oxidation sites excluding steroid dienone is 1. The molecule has 0 atom stereocenters. The van der Waals surface area contributed by atoms with Crippen molar-refractivity contribution in [3.05, 3.63) is 75.7 Å². The third kappa shape index (κ3) is 5.15. The normalized spacial score (nSPS) is 10.8. The summed E-state index contributed by atoms with van der Waals surface area (Å²) in [4.78, 5) is 28.4. The molecule has 0 aliphatic heterocycles. The molecule has 0 unspecified atom stereocenters. The van der Waals surface area contributed by atoms with Gasteiger partial charge in [-0.1, -0.05) is 29.8 Å². The van der Waals surface area contributed by atoms with Crippen LogP contribution in [0, 0.1) is 18.3 Å². The fourth-order valence-electron chi connectivity index (χ4n) is 2.73. The molecular weight excluding hydrogens is 414 g/mol. The SMILES string of the molecule is COC(=O)c1cc(N/C=C(\C#N)c2nc(-c3ccc(C)cc3)cs2)cc(C(=O)OC)c1. The van der Waals surface area contributed by atoms with Gasteiger partial charge in [0, 0.05) is 22.8 Å². The Morgan fingerprint density at radius 1 is 1.06 bits per heavy atom. The summed E-state index contributed by atoms with van der Waals surface area (Å²) in [5, 5.41) is 15.0. The number of aryl methyl sites for hydroxylation is 1. The first-order valence-electron chi connectivity index (χ1n) is 9.16. The molecule has 0 fully saturated rings. The summed E-state index contributed by atoms with van der Waals surface area (Å²) in [5.74, 6) is -1.19. The molecule has 1 N–H and O–H groups in total. The molecule has 0 spiro atoms. The third-order valence-electron chi connectivity index (χ3n) is 4.36. The van der Waals surface area contributed by atoms with Crippen molar-refractivity contribution in [2.75, 3.05) is 19.5 Å². The number of esters is 2. The van der Waals surface area contributed by atoms with Crippen molar-refractivity contribution in [2.24, 2.45) is 0 Å². The third-order valence-corrected chi connectivity index (χ3v) is 5.24. The first-order chi connectivity index (χ1) is 14.9. The molecule has 8 heteroatoms. The van der Waals surface area contributed by atoms with Gasteiger partial charge in [-0.15, -0.1) is 11.3 Å². The zero-order valence-corrected chi connectivity index (χ0v) is 17.9. The van der Waals surface area contributed by atoms with Gasteiger partial charge in [-0.3, -0.25) is 0 Å². The van der Waals surface area contributed by atoms with Gasteiger partial charge in [0.2, 0.25) is 0 Å². The highest BCUT2D eigenvalue weighted by Gasteiger charge is 2.14. The lowest BCUT2D eigenvalue weighted by Crippen LogP contribution is -2.07. The molecule has 1 heterocycles. The largest absolute Gasteiger partial charge is 0.465 e. The topological polar surface area (TPSA) is 101 Å². The van der Waals surface area contributed by atoms with Crippen molar-refractivity contribution in [1.82, 2.24) is 4.98 Å². The molecule has 2 aromatic carbocycles. The monoisotopic (exact) mass is 433 g/mol. The number of carbonyl (C=O) groups is 2. The van der Waals surface area contributed by atoms with Crippen LogP contribution in [0.4, 0.5) is 5.69 Å². The fraction of sp³-hybridized carbons (Fsp3) is 0.130. The van der Waals surface area contributed by atoms with Crippen LogP contribution >= 0.6 is 11.3 Å². The number of rotatable bonds is 6. The Balaban J connectivity index is 1.89. The first kappa shape index (κ1) is 21.7. The number of thiazole rings is 1. The highest BCUT2D eigenvalue weighted by atomic mass is 32.1. The van der Waals surface area contributed by atoms with E-state index in [1.807, 2.05) is 36.6 Å². The Hall–Kier alpha value is -3.96. The summed E-state index contributed by atoms with van der Waals surface area (Å²) < 4.78 is 9.47. The molecule has 7 nitrogen and oxygen atoms in total. The summed E-state index contributed by atoms with van der Waals surface area (Å²) in [6, 6.07) is 14.5. The first-order valence-corrected chi connectivity index (χ1v) is 10.0. The smallest absolute Gasteiger partial charge is 0.337 e. The van der Waals surface area contributed by atoms with Gasteiger partial charge in [-0.25, -0.2) is 14.6 Å². The van der Waals surface area contributed by atoms with E-state index >= 15 is 0 Å².